The highest BCUT2D eigenvalue weighted by Crippen LogP contribution is 2.23. The van der Waals surface area contributed by atoms with E-state index in [2.05, 4.69) is 0 Å². The van der Waals surface area contributed by atoms with Gasteiger partial charge in [-0.3, -0.25) is 0 Å². The second-order valence-electron chi connectivity index (χ2n) is 2.97. The Bertz CT molecular complexity index is 222. The van der Waals surface area contributed by atoms with Crippen LogP contribution in [-0.2, 0) is 0 Å². The lowest BCUT2D eigenvalue weighted by Crippen LogP contribution is -2.52. The van der Waals surface area contributed by atoms with E-state index in [1.54, 1.807) is 0 Å². The largest absolute Gasteiger partial charge is 0.388 e. The first-order valence-electron chi connectivity index (χ1n) is 3.74. The summed E-state index contributed by atoms with van der Waals surface area (Å²) in [4.78, 5) is 0. The molecule has 1 rings (SSSR count). The van der Waals surface area contributed by atoms with Gasteiger partial charge in [-0.25, -0.2) is 8.78 Å². The number of aliphatic hydroxyl groups is 3. The van der Waals surface area contributed by atoms with Gasteiger partial charge in [-0.1, -0.05) is 6.08 Å². The molecule has 0 heterocycles. The van der Waals surface area contributed by atoms with Crippen LogP contribution in [0.2, 0.25) is 0 Å². The molecule has 0 fully saturated rings. The van der Waals surface area contributed by atoms with Gasteiger partial charge in [0, 0.05) is 5.57 Å². The predicted octanol–water partition coefficient (Wildman–Crippen LogP) is -1.40. The molecule has 0 radical (unpaired) electrons. The molecule has 0 unspecified atom stereocenters. The molecule has 4 atom stereocenters. The fourth-order valence-electron chi connectivity index (χ4n) is 1.23. The summed E-state index contributed by atoms with van der Waals surface area (Å²) in [6.07, 6.45) is -6.79. The topological polar surface area (TPSA) is 86.7 Å². The maximum atomic E-state index is 12.2. The molecule has 0 saturated heterocycles. The fourth-order valence-corrected chi connectivity index (χ4v) is 1.23. The van der Waals surface area contributed by atoms with E-state index in [4.69, 9.17) is 21.1 Å². The lowest BCUT2D eigenvalue weighted by molar-refractivity contribution is -0.0656. The summed E-state index contributed by atoms with van der Waals surface area (Å²) < 4.78 is 24.3. The molecule has 0 spiro atoms. The van der Waals surface area contributed by atoms with Crippen molar-refractivity contribution in [3.63, 3.8) is 0 Å². The van der Waals surface area contributed by atoms with Gasteiger partial charge in [0.15, 0.2) is 0 Å². The minimum absolute atomic E-state index is 0.634. The van der Waals surface area contributed by atoms with Crippen LogP contribution in [0.5, 0.6) is 0 Å². The average Bonchev–Trinajstić information content (AvgIpc) is 2.07. The number of aliphatic hydroxyl groups excluding tert-OH is 3. The Balaban J connectivity index is 2.91. The third-order valence-corrected chi connectivity index (χ3v) is 2.05. The normalized spacial score (nSPS) is 40.7. The molecule has 0 saturated carbocycles. The molecule has 1 aliphatic rings. The van der Waals surface area contributed by atoms with Crippen molar-refractivity contribution < 1.29 is 24.1 Å². The molecule has 13 heavy (non-hydrogen) atoms. The summed E-state index contributed by atoms with van der Waals surface area (Å²) in [5.74, 6) is 0. The van der Waals surface area contributed by atoms with Gasteiger partial charge in [-0.15, -0.1) is 0 Å². The van der Waals surface area contributed by atoms with E-state index >= 15 is 0 Å². The van der Waals surface area contributed by atoms with Crippen molar-refractivity contribution in [1.82, 2.24) is 0 Å². The highest BCUT2D eigenvalue weighted by molar-refractivity contribution is 5.22. The quantitative estimate of drug-likeness (QED) is 0.388. The molecule has 0 aromatic heterocycles. The Morgan fingerprint density at radius 2 is 1.77 bits per heavy atom. The van der Waals surface area contributed by atoms with Crippen molar-refractivity contribution in [2.45, 2.75) is 30.8 Å². The zero-order valence-corrected chi connectivity index (χ0v) is 6.64. The van der Waals surface area contributed by atoms with Crippen molar-refractivity contribution in [3.05, 3.63) is 11.6 Å². The van der Waals surface area contributed by atoms with Gasteiger partial charge in [0.1, 0.15) is 18.3 Å². The molecule has 1 aliphatic carbocycles. The third-order valence-electron chi connectivity index (χ3n) is 2.05. The zero-order valence-electron chi connectivity index (χ0n) is 6.64. The summed E-state index contributed by atoms with van der Waals surface area (Å²) in [7, 11) is 0. The van der Waals surface area contributed by atoms with Crippen molar-refractivity contribution in [3.8, 4) is 0 Å². The van der Waals surface area contributed by atoms with Crippen LogP contribution in [0.1, 0.15) is 0 Å². The molecule has 0 aromatic rings. The van der Waals surface area contributed by atoms with Crippen LogP contribution >= 0.6 is 0 Å². The van der Waals surface area contributed by atoms with Crippen LogP contribution in [0.25, 0.3) is 0 Å². The molecule has 76 valence electrons. The Morgan fingerprint density at radius 3 is 2.23 bits per heavy atom. The molecule has 6 heteroatoms. The van der Waals surface area contributed by atoms with Crippen LogP contribution < -0.4 is 5.73 Å². The summed E-state index contributed by atoms with van der Waals surface area (Å²) in [5.41, 5.74) is 4.59. The number of nitrogens with two attached hydrogens (primary N) is 1. The molecular weight excluding hydrogens is 184 g/mol. The molecule has 0 bridgehead atoms. The van der Waals surface area contributed by atoms with E-state index in [0.717, 1.165) is 6.08 Å². The first kappa shape index (κ1) is 10.5. The first-order chi connectivity index (χ1) is 5.95. The smallest absolute Gasteiger partial charge is 0.262 e. The van der Waals surface area contributed by atoms with Gasteiger partial charge in [-0.2, -0.15) is 0 Å². The minimum Gasteiger partial charge on any atom is -0.388 e. The molecular formula is C7H11F2NO3. The monoisotopic (exact) mass is 195 g/mol. The van der Waals surface area contributed by atoms with Gasteiger partial charge in [0.25, 0.3) is 6.43 Å². The molecule has 0 aromatic carbocycles. The van der Waals surface area contributed by atoms with Crippen molar-refractivity contribution in [2.24, 2.45) is 5.73 Å². The number of rotatable bonds is 1. The summed E-state index contributed by atoms with van der Waals surface area (Å²) >= 11 is 0. The van der Waals surface area contributed by atoms with Gasteiger partial charge >= 0.3 is 0 Å². The standard InChI is InChI=1S/C7H11F2NO3/c8-7(9)2-1-3(10)5(12)6(13)4(2)11/h1,3-7,11-13H,10H2/t3-,4+,5-,6-/m0/s1. The fraction of sp³-hybridized carbons (Fsp3) is 0.714. The lowest BCUT2D eigenvalue weighted by Gasteiger charge is -2.32. The second-order valence-corrected chi connectivity index (χ2v) is 2.97. The van der Waals surface area contributed by atoms with Gasteiger partial charge in [0.05, 0.1) is 6.04 Å². The maximum Gasteiger partial charge on any atom is 0.262 e. The van der Waals surface area contributed by atoms with Crippen molar-refractivity contribution >= 4 is 0 Å². The van der Waals surface area contributed by atoms with Gasteiger partial charge < -0.3 is 21.1 Å². The zero-order chi connectivity index (χ0) is 10.2. The maximum absolute atomic E-state index is 12.2. The predicted molar refractivity (Wildman–Crippen MR) is 40.1 cm³/mol. The van der Waals surface area contributed by atoms with Gasteiger partial charge in [0.2, 0.25) is 0 Å². The SMILES string of the molecule is N[C@H]1C=C(C(F)F)[C@@H](O)[C@H](O)[C@H]1O. The Hall–Kier alpha value is -0.560. The number of alkyl halides is 2. The van der Waals surface area contributed by atoms with E-state index in [9.17, 15) is 8.78 Å². The highest BCUT2D eigenvalue weighted by Gasteiger charge is 2.38. The minimum atomic E-state index is -2.87. The second kappa shape index (κ2) is 3.67. The number of hydrogen-bond donors (Lipinski definition) is 4. The molecule has 5 N–H and O–H groups in total. The molecule has 4 nitrogen and oxygen atoms in total. The number of halogens is 2. The van der Waals surface area contributed by atoms with E-state index in [1.807, 2.05) is 0 Å². The van der Waals surface area contributed by atoms with Crippen molar-refractivity contribution in [2.75, 3.05) is 0 Å². The van der Waals surface area contributed by atoms with E-state index < -0.39 is 36.4 Å². The molecule has 0 aliphatic heterocycles. The van der Waals surface area contributed by atoms with Crippen LogP contribution in [0.4, 0.5) is 8.78 Å². The van der Waals surface area contributed by atoms with Crippen LogP contribution in [0, 0.1) is 0 Å². The summed E-state index contributed by atoms with van der Waals surface area (Å²) in [6, 6.07) is -1.07. The van der Waals surface area contributed by atoms with Crippen LogP contribution in [-0.4, -0.2) is 46.1 Å². The Morgan fingerprint density at radius 1 is 1.23 bits per heavy atom. The summed E-state index contributed by atoms with van der Waals surface area (Å²) in [5, 5.41) is 27.3. The Kier molecular flexibility index (Phi) is 2.97. The lowest BCUT2D eigenvalue weighted by atomic mass is 9.89. The Labute approximate surface area is 73.3 Å². The first-order valence-corrected chi connectivity index (χ1v) is 3.74. The summed E-state index contributed by atoms with van der Waals surface area (Å²) in [6.45, 7) is 0. The van der Waals surface area contributed by atoms with E-state index in [-0.39, 0.29) is 0 Å². The number of hydrogen-bond acceptors (Lipinski definition) is 4. The highest BCUT2D eigenvalue weighted by atomic mass is 19.3. The molecule has 0 amide bonds. The van der Waals surface area contributed by atoms with E-state index in [1.165, 1.54) is 0 Å². The average molecular weight is 195 g/mol. The third kappa shape index (κ3) is 1.86. The van der Waals surface area contributed by atoms with Crippen LogP contribution in [0.3, 0.4) is 0 Å². The van der Waals surface area contributed by atoms with Crippen LogP contribution in [0.15, 0.2) is 11.6 Å². The van der Waals surface area contributed by atoms with Gasteiger partial charge in [-0.05, 0) is 0 Å². The van der Waals surface area contributed by atoms with E-state index in [0.29, 0.717) is 0 Å². The van der Waals surface area contributed by atoms with Crippen molar-refractivity contribution in [1.29, 1.82) is 0 Å².